The van der Waals surface area contributed by atoms with Crippen LogP contribution in [0, 0.1) is 17.8 Å². The van der Waals surface area contributed by atoms with Crippen LogP contribution in [0.25, 0.3) is 0 Å². The van der Waals surface area contributed by atoms with Crippen LogP contribution in [0.4, 0.5) is 0 Å². The SMILES string of the molecule is COC(=O)[C@@H]1CNC[C@H]1C1CCOCC1. The number of hydrogen-bond acceptors (Lipinski definition) is 4. The molecule has 0 aromatic carbocycles. The first kappa shape index (κ1) is 10.9. The van der Waals surface area contributed by atoms with Gasteiger partial charge >= 0.3 is 5.97 Å². The average molecular weight is 213 g/mol. The maximum Gasteiger partial charge on any atom is 0.310 e. The fourth-order valence-corrected chi connectivity index (χ4v) is 2.75. The van der Waals surface area contributed by atoms with Crippen molar-refractivity contribution in [2.24, 2.45) is 17.8 Å². The molecule has 15 heavy (non-hydrogen) atoms. The molecule has 0 unspecified atom stereocenters. The Morgan fingerprint density at radius 3 is 2.73 bits per heavy atom. The highest BCUT2D eigenvalue weighted by molar-refractivity contribution is 5.73. The molecular formula is C11H19NO3. The highest BCUT2D eigenvalue weighted by Crippen LogP contribution is 2.32. The van der Waals surface area contributed by atoms with Gasteiger partial charge < -0.3 is 14.8 Å². The van der Waals surface area contributed by atoms with E-state index in [2.05, 4.69) is 5.32 Å². The quantitative estimate of drug-likeness (QED) is 0.675. The summed E-state index contributed by atoms with van der Waals surface area (Å²) in [6, 6.07) is 0. The Bertz CT molecular complexity index is 226. The van der Waals surface area contributed by atoms with Crippen molar-refractivity contribution in [3.8, 4) is 0 Å². The minimum absolute atomic E-state index is 0.0538. The van der Waals surface area contributed by atoms with E-state index in [9.17, 15) is 4.79 Å². The molecule has 0 spiro atoms. The van der Waals surface area contributed by atoms with Crippen molar-refractivity contribution >= 4 is 5.97 Å². The van der Waals surface area contributed by atoms with Gasteiger partial charge in [-0.1, -0.05) is 0 Å². The lowest BCUT2D eigenvalue weighted by Crippen LogP contribution is -2.32. The monoisotopic (exact) mass is 213 g/mol. The molecule has 2 fully saturated rings. The molecule has 0 radical (unpaired) electrons. The second-order valence-corrected chi connectivity index (χ2v) is 4.40. The predicted octanol–water partition coefficient (Wildman–Crippen LogP) is 0.422. The fraction of sp³-hybridized carbons (Fsp3) is 0.909. The van der Waals surface area contributed by atoms with Crippen LogP contribution in [-0.2, 0) is 14.3 Å². The van der Waals surface area contributed by atoms with E-state index in [1.807, 2.05) is 0 Å². The van der Waals surface area contributed by atoms with Crippen LogP contribution in [0.1, 0.15) is 12.8 Å². The van der Waals surface area contributed by atoms with Gasteiger partial charge in [-0.25, -0.2) is 0 Å². The lowest BCUT2D eigenvalue weighted by Gasteiger charge is -2.29. The summed E-state index contributed by atoms with van der Waals surface area (Å²) in [6.07, 6.45) is 2.17. The Kier molecular flexibility index (Phi) is 3.59. The van der Waals surface area contributed by atoms with Gasteiger partial charge in [-0.2, -0.15) is 0 Å². The number of rotatable bonds is 2. The Morgan fingerprint density at radius 2 is 2.07 bits per heavy atom. The zero-order valence-corrected chi connectivity index (χ0v) is 9.20. The van der Waals surface area contributed by atoms with E-state index >= 15 is 0 Å². The molecule has 4 heteroatoms. The number of hydrogen-bond donors (Lipinski definition) is 1. The highest BCUT2D eigenvalue weighted by Gasteiger charge is 2.38. The van der Waals surface area contributed by atoms with Crippen LogP contribution in [0.15, 0.2) is 0 Å². The number of carbonyl (C=O) groups excluding carboxylic acids is 1. The standard InChI is InChI=1S/C11H19NO3/c1-14-11(13)10-7-12-6-9(10)8-2-4-15-5-3-8/h8-10,12H,2-7H2,1H3/t9-,10+/m0/s1. The van der Waals surface area contributed by atoms with Crippen LogP contribution in [-0.4, -0.2) is 39.4 Å². The maximum atomic E-state index is 11.6. The fourth-order valence-electron chi connectivity index (χ4n) is 2.75. The first-order chi connectivity index (χ1) is 7.33. The molecule has 2 saturated heterocycles. The third-order valence-electron chi connectivity index (χ3n) is 3.64. The molecule has 4 nitrogen and oxygen atoms in total. The minimum atomic E-state index is -0.0588. The first-order valence-corrected chi connectivity index (χ1v) is 5.69. The van der Waals surface area contributed by atoms with Gasteiger partial charge in [0.05, 0.1) is 13.0 Å². The summed E-state index contributed by atoms with van der Waals surface area (Å²) in [5, 5.41) is 3.29. The smallest absolute Gasteiger partial charge is 0.310 e. The van der Waals surface area contributed by atoms with E-state index in [0.717, 1.165) is 39.1 Å². The molecule has 2 aliphatic heterocycles. The predicted molar refractivity (Wildman–Crippen MR) is 55.4 cm³/mol. The van der Waals surface area contributed by atoms with E-state index in [-0.39, 0.29) is 11.9 Å². The number of methoxy groups -OCH3 is 1. The van der Waals surface area contributed by atoms with Gasteiger partial charge in [0, 0.05) is 19.8 Å². The van der Waals surface area contributed by atoms with Crippen LogP contribution in [0.3, 0.4) is 0 Å². The van der Waals surface area contributed by atoms with E-state index in [1.54, 1.807) is 0 Å². The first-order valence-electron chi connectivity index (χ1n) is 5.69. The van der Waals surface area contributed by atoms with E-state index in [1.165, 1.54) is 7.11 Å². The van der Waals surface area contributed by atoms with Crippen molar-refractivity contribution in [2.75, 3.05) is 33.4 Å². The Balaban J connectivity index is 1.97. The molecule has 0 saturated carbocycles. The average Bonchev–Trinajstić information content (AvgIpc) is 2.78. The van der Waals surface area contributed by atoms with Crippen LogP contribution >= 0.6 is 0 Å². The van der Waals surface area contributed by atoms with Gasteiger partial charge in [-0.15, -0.1) is 0 Å². The summed E-state index contributed by atoms with van der Waals surface area (Å²) >= 11 is 0. The van der Waals surface area contributed by atoms with Crippen molar-refractivity contribution in [1.82, 2.24) is 5.32 Å². The third kappa shape index (κ3) is 2.32. The van der Waals surface area contributed by atoms with Crippen LogP contribution in [0.5, 0.6) is 0 Å². The summed E-state index contributed by atoms with van der Waals surface area (Å²) < 4.78 is 10.2. The van der Waals surface area contributed by atoms with Crippen LogP contribution in [0.2, 0.25) is 0 Å². The summed E-state index contributed by atoms with van der Waals surface area (Å²) in [6.45, 7) is 3.41. The lowest BCUT2D eigenvalue weighted by atomic mass is 9.80. The molecular weight excluding hydrogens is 194 g/mol. The van der Waals surface area contributed by atoms with Crippen molar-refractivity contribution < 1.29 is 14.3 Å². The van der Waals surface area contributed by atoms with Gasteiger partial charge in [-0.3, -0.25) is 4.79 Å². The molecule has 0 amide bonds. The summed E-state index contributed by atoms with van der Waals surface area (Å²) in [5.41, 5.74) is 0. The van der Waals surface area contributed by atoms with Crippen molar-refractivity contribution in [2.45, 2.75) is 12.8 Å². The summed E-state index contributed by atoms with van der Waals surface area (Å²) in [5.74, 6) is 1.06. The number of carbonyl (C=O) groups is 1. The van der Waals surface area contributed by atoms with Gasteiger partial charge in [0.25, 0.3) is 0 Å². The Hall–Kier alpha value is -0.610. The molecule has 0 aromatic rings. The van der Waals surface area contributed by atoms with E-state index in [4.69, 9.17) is 9.47 Å². The Morgan fingerprint density at radius 1 is 1.33 bits per heavy atom. The normalized spacial score (nSPS) is 32.9. The van der Waals surface area contributed by atoms with E-state index in [0.29, 0.717) is 11.8 Å². The molecule has 1 N–H and O–H groups in total. The number of nitrogens with one attached hydrogen (secondary N) is 1. The molecule has 2 heterocycles. The minimum Gasteiger partial charge on any atom is -0.469 e. The summed E-state index contributed by atoms with van der Waals surface area (Å²) in [7, 11) is 1.47. The maximum absolute atomic E-state index is 11.6. The zero-order valence-electron chi connectivity index (χ0n) is 9.20. The van der Waals surface area contributed by atoms with Crippen LogP contribution < -0.4 is 5.32 Å². The van der Waals surface area contributed by atoms with Gasteiger partial charge in [-0.05, 0) is 31.2 Å². The summed E-state index contributed by atoms with van der Waals surface area (Å²) in [4.78, 5) is 11.6. The molecule has 0 bridgehead atoms. The topological polar surface area (TPSA) is 47.6 Å². The van der Waals surface area contributed by atoms with Gasteiger partial charge in [0.2, 0.25) is 0 Å². The van der Waals surface area contributed by atoms with Crippen molar-refractivity contribution in [1.29, 1.82) is 0 Å². The molecule has 2 rings (SSSR count). The molecule has 2 atom stereocenters. The zero-order chi connectivity index (χ0) is 10.7. The lowest BCUT2D eigenvalue weighted by molar-refractivity contribution is -0.147. The van der Waals surface area contributed by atoms with Crippen molar-refractivity contribution in [3.63, 3.8) is 0 Å². The van der Waals surface area contributed by atoms with Crippen molar-refractivity contribution in [3.05, 3.63) is 0 Å². The number of ether oxygens (including phenoxy) is 2. The molecule has 0 aliphatic carbocycles. The second kappa shape index (κ2) is 4.94. The Labute approximate surface area is 90.3 Å². The van der Waals surface area contributed by atoms with E-state index < -0.39 is 0 Å². The largest absolute Gasteiger partial charge is 0.469 e. The molecule has 2 aliphatic rings. The molecule has 86 valence electrons. The third-order valence-corrected chi connectivity index (χ3v) is 3.64. The highest BCUT2D eigenvalue weighted by atomic mass is 16.5. The molecule has 0 aromatic heterocycles. The number of esters is 1. The second-order valence-electron chi connectivity index (χ2n) is 4.40. The van der Waals surface area contributed by atoms with Gasteiger partial charge in [0.1, 0.15) is 0 Å². The van der Waals surface area contributed by atoms with Gasteiger partial charge in [0.15, 0.2) is 0 Å².